The van der Waals surface area contributed by atoms with Crippen LogP contribution in [0.5, 0.6) is 11.5 Å². The molecule has 4 rings (SSSR count). The summed E-state index contributed by atoms with van der Waals surface area (Å²) in [5, 5.41) is 11.1. The Hall–Kier alpha value is -3.09. The van der Waals surface area contributed by atoms with E-state index in [-0.39, 0.29) is 11.6 Å². The molecule has 1 amide bonds. The monoisotopic (exact) mass is 326 g/mol. The zero-order chi connectivity index (χ0) is 16.8. The van der Waals surface area contributed by atoms with Crippen LogP contribution in [-0.2, 0) is 11.2 Å². The van der Waals surface area contributed by atoms with Crippen molar-refractivity contribution in [3.63, 3.8) is 0 Å². The second-order valence-corrected chi connectivity index (χ2v) is 5.73. The molecule has 0 fully saturated rings. The fourth-order valence-corrected chi connectivity index (χ4v) is 3.01. The normalized spacial score (nSPS) is 18.5. The summed E-state index contributed by atoms with van der Waals surface area (Å²) in [4.78, 5) is 24.7. The van der Waals surface area contributed by atoms with Crippen molar-refractivity contribution in [3.8, 4) is 11.5 Å². The molecular formula is C17H14N2O5. The Morgan fingerprint density at radius 1 is 1.21 bits per heavy atom. The molecule has 2 aromatic rings. The van der Waals surface area contributed by atoms with E-state index in [1.54, 1.807) is 13.0 Å². The van der Waals surface area contributed by atoms with Gasteiger partial charge in [-0.1, -0.05) is 0 Å². The van der Waals surface area contributed by atoms with Crippen LogP contribution in [0.3, 0.4) is 0 Å². The van der Waals surface area contributed by atoms with Crippen LogP contribution in [0.1, 0.15) is 12.5 Å². The second kappa shape index (κ2) is 5.23. The lowest BCUT2D eigenvalue weighted by atomic mass is 10.1. The lowest BCUT2D eigenvalue weighted by Gasteiger charge is -2.33. The van der Waals surface area contributed by atoms with Gasteiger partial charge in [0.2, 0.25) is 0 Å². The van der Waals surface area contributed by atoms with Crippen molar-refractivity contribution in [1.82, 2.24) is 0 Å². The number of hydrogen-bond acceptors (Lipinski definition) is 5. The number of carbonyl (C=O) groups excluding carboxylic acids is 1. The number of carbonyl (C=O) groups is 1. The molecule has 1 unspecified atom stereocenters. The summed E-state index contributed by atoms with van der Waals surface area (Å²) >= 11 is 0. The predicted octanol–water partition coefficient (Wildman–Crippen LogP) is 2.98. The standard InChI is InChI=1S/C17H14N2O5/c1-10-17(20)18(12-2-4-15-11(8-12)6-7-23-15)14-9-13(19(21)22)3-5-16(14)24-10/h2-5,8-10H,6-7H2,1H3. The first kappa shape index (κ1) is 14.5. The van der Waals surface area contributed by atoms with E-state index in [0.717, 1.165) is 17.7 Å². The highest BCUT2D eigenvalue weighted by Crippen LogP contribution is 2.42. The number of fused-ring (bicyclic) bond motifs is 2. The van der Waals surface area contributed by atoms with Gasteiger partial charge in [0.1, 0.15) is 11.5 Å². The van der Waals surface area contributed by atoms with Gasteiger partial charge in [0.25, 0.3) is 11.6 Å². The first-order valence-electron chi connectivity index (χ1n) is 7.59. The predicted molar refractivity (Wildman–Crippen MR) is 86.0 cm³/mol. The highest BCUT2D eigenvalue weighted by molar-refractivity contribution is 6.06. The third-order valence-corrected chi connectivity index (χ3v) is 4.20. The third-order valence-electron chi connectivity index (χ3n) is 4.20. The number of nitro benzene ring substituents is 1. The Labute approximate surface area is 137 Å². The van der Waals surface area contributed by atoms with E-state index in [0.29, 0.717) is 23.7 Å². The van der Waals surface area contributed by atoms with Gasteiger partial charge < -0.3 is 9.47 Å². The topological polar surface area (TPSA) is 81.9 Å². The van der Waals surface area contributed by atoms with Crippen LogP contribution in [0.15, 0.2) is 36.4 Å². The lowest BCUT2D eigenvalue weighted by molar-refractivity contribution is -0.384. The van der Waals surface area contributed by atoms with E-state index in [2.05, 4.69) is 0 Å². The Balaban J connectivity index is 1.86. The minimum Gasteiger partial charge on any atom is -0.493 e. The van der Waals surface area contributed by atoms with E-state index in [1.807, 2.05) is 12.1 Å². The molecule has 0 saturated carbocycles. The van der Waals surface area contributed by atoms with Crippen molar-refractivity contribution in [3.05, 3.63) is 52.1 Å². The molecule has 0 bridgehead atoms. The molecule has 7 heteroatoms. The number of benzene rings is 2. The molecule has 2 aliphatic heterocycles. The van der Waals surface area contributed by atoms with Crippen LogP contribution in [0, 0.1) is 10.1 Å². The van der Waals surface area contributed by atoms with Crippen molar-refractivity contribution >= 4 is 23.0 Å². The maximum absolute atomic E-state index is 12.7. The summed E-state index contributed by atoms with van der Waals surface area (Å²) < 4.78 is 11.1. The molecular weight excluding hydrogens is 312 g/mol. The summed E-state index contributed by atoms with van der Waals surface area (Å²) in [6.45, 7) is 2.28. The van der Waals surface area contributed by atoms with Crippen molar-refractivity contribution in [2.45, 2.75) is 19.4 Å². The number of rotatable bonds is 2. The SMILES string of the molecule is CC1Oc2ccc([N+](=O)[O-])cc2N(c2ccc3c(c2)CCO3)C1=O. The van der Waals surface area contributed by atoms with E-state index < -0.39 is 11.0 Å². The summed E-state index contributed by atoms with van der Waals surface area (Å²) in [6.07, 6.45) is 0.113. The van der Waals surface area contributed by atoms with Crippen molar-refractivity contribution in [1.29, 1.82) is 0 Å². The molecule has 0 saturated heterocycles. The van der Waals surface area contributed by atoms with Gasteiger partial charge in [0.15, 0.2) is 6.10 Å². The molecule has 0 N–H and O–H groups in total. The number of ether oxygens (including phenoxy) is 2. The van der Waals surface area contributed by atoms with Gasteiger partial charge in [-0.3, -0.25) is 19.8 Å². The van der Waals surface area contributed by atoms with Gasteiger partial charge in [0.05, 0.1) is 17.2 Å². The number of amides is 1. The minimum absolute atomic E-state index is 0.0887. The molecule has 2 aromatic carbocycles. The molecule has 1 atom stereocenters. The molecule has 2 aliphatic rings. The molecule has 24 heavy (non-hydrogen) atoms. The van der Waals surface area contributed by atoms with E-state index in [9.17, 15) is 14.9 Å². The molecule has 122 valence electrons. The lowest BCUT2D eigenvalue weighted by Crippen LogP contribution is -2.41. The van der Waals surface area contributed by atoms with Gasteiger partial charge in [0, 0.05) is 24.2 Å². The van der Waals surface area contributed by atoms with Crippen LogP contribution < -0.4 is 14.4 Å². The van der Waals surface area contributed by atoms with Gasteiger partial charge in [-0.25, -0.2) is 0 Å². The van der Waals surface area contributed by atoms with E-state index >= 15 is 0 Å². The fourth-order valence-electron chi connectivity index (χ4n) is 3.01. The number of anilines is 2. The van der Waals surface area contributed by atoms with Gasteiger partial charge in [-0.15, -0.1) is 0 Å². The highest BCUT2D eigenvalue weighted by atomic mass is 16.6. The van der Waals surface area contributed by atoms with Crippen LogP contribution in [0.25, 0.3) is 0 Å². The Morgan fingerprint density at radius 2 is 2.00 bits per heavy atom. The smallest absolute Gasteiger partial charge is 0.272 e. The summed E-state index contributed by atoms with van der Waals surface area (Å²) in [7, 11) is 0. The van der Waals surface area contributed by atoms with Crippen LogP contribution in [0.2, 0.25) is 0 Å². The minimum atomic E-state index is -0.663. The number of non-ortho nitro benzene ring substituents is 1. The molecule has 7 nitrogen and oxygen atoms in total. The zero-order valence-corrected chi connectivity index (χ0v) is 12.9. The average molecular weight is 326 g/mol. The number of hydrogen-bond donors (Lipinski definition) is 0. The maximum atomic E-state index is 12.7. The summed E-state index contributed by atoms with van der Waals surface area (Å²) in [5.74, 6) is 0.998. The van der Waals surface area contributed by atoms with Crippen LogP contribution >= 0.6 is 0 Å². The Kier molecular flexibility index (Phi) is 3.16. The van der Waals surface area contributed by atoms with Gasteiger partial charge >= 0.3 is 0 Å². The number of nitro groups is 1. The van der Waals surface area contributed by atoms with Crippen LogP contribution in [0.4, 0.5) is 17.1 Å². The second-order valence-electron chi connectivity index (χ2n) is 5.73. The molecule has 0 aromatic heterocycles. The van der Waals surface area contributed by atoms with Gasteiger partial charge in [-0.05, 0) is 36.8 Å². The Bertz CT molecular complexity index is 864. The van der Waals surface area contributed by atoms with Crippen LogP contribution in [-0.4, -0.2) is 23.5 Å². The van der Waals surface area contributed by atoms with Crippen molar-refractivity contribution < 1.29 is 19.2 Å². The van der Waals surface area contributed by atoms with Crippen molar-refractivity contribution in [2.24, 2.45) is 0 Å². The maximum Gasteiger partial charge on any atom is 0.272 e. The number of nitrogens with zero attached hydrogens (tertiary/aromatic N) is 2. The molecule has 0 spiro atoms. The average Bonchev–Trinajstić information content (AvgIpc) is 3.03. The Morgan fingerprint density at radius 3 is 2.79 bits per heavy atom. The van der Waals surface area contributed by atoms with Gasteiger partial charge in [-0.2, -0.15) is 0 Å². The highest BCUT2D eigenvalue weighted by Gasteiger charge is 2.34. The van der Waals surface area contributed by atoms with Crippen molar-refractivity contribution in [2.75, 3.05) is 11.5 Å². The molecule has 0 radical (unpaired) electrons. The zero-order valence-electron chi connectivity index (χ0n) is 12.9. The first-order chi connectivity index (χ1) is 11.5. The summed E-state index contributed by atoms with van der Waals surface area (Å²) in [5.41, 5.74) is 1.97. The third kappa shape index (κ3) is 2.17. The summed E-state index contributed by atoms with van der Waals surface area (Å²) in [6, 6.07) is 9.75. The molecule has 2 heterocycles. The van der Waals surface area contributed by atoms with E-state index in [4.69, 9.17) is 9.47 Å². The molecule has 0 aliphatic carbocycles. The fraction of sp³-hybridized carbons (Fsp3) is 0.235. The van der Waals surface area contributed by atoms with E-state index in [1.165, 1.54) is 23.1 Å². The first-order valence-corrected chi connectivity index (χ1v) is 7.59. The quantitative estimate of drug-likeness (QED) is 0.626. The largest absolute Gasteiger partial charge is 0.493 e.